The van der Waals surface area contributed by atoms with Crippen LogP contribution in [0.15, 0.2) is 12.2 Å². The van der Waals surface area contributed by atoms with E-state index in [2.05, 4.69) is 24.5 Å². The lowest BCUT2D eigenvalue weighted by Gasteiger charge is -2.50. The molecule has 15 N–H and O–H groups in total. The minimum Gasteiger partial charge on any atom is -0.394 e. The van der Waals surface area contributed by atoms with Crippen LogP contribution in [-0.2, 0) is 47.5 Å². The summed E-state index contributed by atoms with van der Waals surface area (Å²) >= 11 is 0. The molecule has 0 aromatic carbocycles. The third kappa shape index (κ3) is 24.9. The average molecular weight is 1230 g/mol. The first-order valence-corrected chi connectivity index (χ1v) is 31.9. The molecule has 25 heteroatoms. The lowest BCUT2D eigenvalue weighted by Crippen LogP contribution is -2.70. The quantitative estimate of drug-likeness (QED) is 0.0299. The summed E-state index contributed by atoms with van der Waals surface area (Å²) in [5.41, 5.74) is 0. The number of aliphatic hydroxyl groups excluding tert-OH is 13. The molecule has 4 aliphatic rings. The van der Waals surface area contributed by atoms with Crippen LogP contribution in [0.25, 0.3) is 0 Å². The van der Waals surface area contributed by atoms with Gasteiger partial charge in [-0.2, -0.15) is 0 Å². The van der Waals surface area contributed by atoms with E-state index < -0.39 is 174 Å². The van der Waals surface area contributed by atoms with Crippen LogP contribution in [0.5, 0.6) is 0 Å². The Hall–Kier alpha value is -2.16. The lowest BCUT2D eigenvalue weighted by atomic mass is 9.94. The first kappa shape index (κ1) is 75.3. The maximum atomic E-state index is 13.4. The Morgan fingerprint density at radius 2 is 0.871 bits per heavy atom. The molecule has 85 heavy (non-hydrogen) atoms. The minimum atomic E-state index is -2.10. The van der Waals surface area contributed by atoms with Crippen molar-refractivity contribution >= 4 is 11.8 Å². The van der Waals surface area contributed by atoms with E-state index in [1.165, 1.54) is 103 Å². The molecule has 8 unspecified atom stereocenters. The Morgan fingerprint density at radius 1 is 0.459 bits per heavy atom. The van der Waals surface area contributed by atoms with E-state index in [-0.39, 0.29) is 12.3 Å². The molecular formula is C60H110N2O23. The summed E-state index contributed by atoms with van der Waals surface area (Å²) in [4.78, 5) is 26.0. The van der Waals surface area contributed by atoms with Crippen LogP contribution in [0.2, 0.25) is 0 Å². The minimum absolute atomic E-state index is 0.210. The van der Waals surface area contributed by atoms with Crippen LogP contribution in [0.4, 0.5) is 0 Å². The summed E-state index contributed by atoms with van der Waals surface area (Å²) in [5.74, 6) is -1.09. The van der Waals surface area contributed by atoms with Gasteiger partial charge in [0.25, 0.3) is 0 Å². The molecule has 0 aliphatic carbocycles. The number of amides is 2. The number of nitrogens with one attached hydrogen (secondary N) is 2. The summed E-state index contributed by atoms with van der Waals surface area (Å²) in [6, 6.07) is -2.67. The largest absolute Gasteiger partial charge is 0.394 e. The number of allylic oxidation sites excluding steroid dienone is 1. The van der Waals surface area contributed by atoms with Gasteiger partial charge in [-0.15, -0.1) is 0 Å². The fraction of sp³-hybridized carbons (Fsp3) is 0.933. The van der Waals surface area contributed by atoms with Crippen LogP contribution in [0.1, 0.15) is 188 Å². The first-order valence-electron chi connectivity index (χ1n) is 31.9. The van der Waals surface area contributed by atoms with Crippen molar-refractivity contribution in [2.24, 2.45) is 0 Å². The van der Waals surface area contributed by atoms with E-state index in [9.17, 15) is 76.0 Å². The van der Waals surface area contributed by atoms with Gasteiger partial charge in [0, 0.05) is 13.3 Å². The summed E-state index contributed by atoms with van der Waals surface area (Å²) in [5, 5.41) is 147. The van der Waals surface area contributed by atoms with Crippen LogP contribution in [0.3, 0.4) is 0 Å². The van der Waals surface area contributed by atoms with E-state index in [0.29, 0.717) is 12.8 Å². The molecule has 0 aromatic rings. The molecule has 4 rings (SSSR count). The highest BCUT2D eigenvalue weighted by molar-refractivity contribution is 5.76. The molecular weight excluding hydrogens is 1120 g/mol. The standard InChI is InChI=1S/C60H110N2O23/c1-4-6-8-10-12-14-16-18-20-22-24-26-28-30-39(68)38(62-44(69)31-29-27-25-23-21-19-17-15-13-11-9-7-5-2)36-78-58-52(76)50(74)54(43(35-66)82-58)83-60-53(77)56(48(72)42(34-65)81-60)85-57-45(61-37(3)67)55(47(71)41(33-64)79-57)84-59-51(75)49(73)46(70)40(32-63)80-59/h28,30,38-43,45-60,63-66,68,70-77H,4-27,29,31-36H2,1-3H3,(H,61,67)(H,62,69)/b30-28+/t38-,39+,40?,41?,42?,43?,45?,46-,47+,48-,49-,50+,51?,52?,53?,54+,55+,56-,57-,58+,59-,60-/m0/s1. The molecule has 4 saturated heterocycles. The number of hydrogen-bond donors (Lipinski definition) is 15. The van der Waals surface area contributed by atoms with Crippen molar-refractivity contribution in [3.8, 4) is 0 Å². The Kier molecular flexibility index (Phi) is 37.2. The number of ether oxygens (including phenoxy) is 8. The van der Waals surface area contributed by atoms with Crippen molar-refractivity contribution in [2.75, 3.05) is 33.0 Å². The van der Waals surface area contributed by atoms with Crippen molar-refractivity contribution in [1.82, 2.24) is 10.6 Å². The normalized spacial score (nSPS) is 34.4. The van der Waals surface area contributed by atoms with Crippen LogP contribution >= 0.6 is 0 Å². The van der Waals surface area contributed by atoms with Gasteiger partial charge < -0.3 is 115 Å². The van der Waals surface area contributed by atoms with E-state index >= 15 is 0 Å². The van der Waals surface area contributed by atoms with Gasteiger partial charge >= 0.3 is 0 Å². The molecule has 4 fully saturated rings. The van der Waals surface area contributed by atoms with Crippen LogP contribution < -0.4 is 10.6 Å². The molecule has 498 valence electrons. The highest BCUT2D eigenvalue weighted by Crippen LogP contribution is 2.35. The molecule has 4 heterocycles. The number of carbonyl (C=O) groups is 2. The van der Waals surface area contributed by atoms with Gasteiger partial charge in [0.15, 0.2) is 25.2 Å². The van der Waals surface area contributed by atoms with Gasteiger partial charge in [0.1, 0.15) is 97.6 Å². The molecule has 25 nitrogen and oxygen atoms in total. The predicted octanol–water partition coefficient (Wildman–Crippen LogP) is 1.00. The highest BCUT2D eigenvalue weighted by Gasteiger charge is 2.56. The fourth-order valence-corrected chi connectivity index (χ4v) is 11.4. The number of unbranched alkanes of at least 4 members (excludes halogenated alkanes) is 23. The van der Waals surface area contributed by atoms with E-state index in [1.54, 1.807) is 6.08 Å². The third-order valence-electron chi connectivity index (χ3n) is 16.6. The molecule has 0 spiro atoms. The summed E-state index contributed by atoms with van der Waals surface area (Å²) in [7, 11) is 0. The summed E-state index contributed by atoms with van der Waals surface area (Å²) < 4.78 is 46.7. The maximum absolute atomic E-state index is 13.4. The molecule has 0 saturated carbocycles. The van der Waals surface area contributed by atoms with Crippen molar-refractivity contribution in [2.45, 2.75) is 323 Å². The Balaban J connectivity index is 1.40. The zero-order chi connectivity index (χ0) is 62.3. The van der Waals surface area contributed by atoms with Gasteiger partial charge in [-0.05, 0) is 19.3 Å². The second kappa shape index (κ2) is 42.0. The average Bonchev–Trinajstić information content (AvgIpc) is 2.96. The molecule has 4 aliphatic heterocycles. The summed E-state index contributed by atoms with van der Waals surface area (Å²) in [6.07, 6.45) is -3.17. The number of rotatable bonds is 43. The van der Waals surface area contributed by atoms with Crippen LogP contribution in [-0.4, -0.2) is 246 Å². The van der Waals surface area contributed by atoms with Crippen LogP contribution in [0, 0.1) is 0 Å². The second-order valence-electron chi connectivity index (χ2n) is 23.6. The number of aliphatic hydroxyl groups is 13. The smallest absolute Gasteiger partial charge is 0.220 e. The van der Waals surface area contributed by atoms with E-state index in [4.69, 9.17) is 37.9 Å². The number of carbonyl (C=O) groups excluding carboxylic acids is 2. The highest BCUT2D eigenvalue weighted by atomic mass is 16.8. The Labute approximate surface area is 502 Å². The molecule has 0 bridgehead atoms. The van der Waals surface area contributed by atoms with E-state index in [0.717, 1.165) is 51.9 Å². The van der Waals surface area contributed by atoms with Crippen molar-refractivity contribution in [3.63, 3.8) is 0 Å². The molecule has 22 atom stereocenters. The summed E-state index contributed by atoms with van der Waals surface area (Å²) in [6.45, 7) is 1.53. The monoisotopic (exact) mass is 1230 g/mol. The first-order chi connectivity index (χ1) is 41.0. The van der Waals surface area contributed by atoms with Gasteiger partial charge in [0.2, 0.25) is 11.8 Å². The van der Waals surface area contributed by atoms with Crippen molar-refractivity contribution in [3.05, 3.63) is 12.2 Å². The molecule has 0 aromatic heterocycles. The Morgan fingerprint density at radius 3 is 1.38 bits per heavy atom. The third-order valence-corrected chi connectivity index (χ3v) is 16.6. The van der Waals surface area contributed by atoms with Gasteiger partial charge in [0.05, 0.1) is 45.2 Å². The molecule has 2 amide bonds. The van der Waals surface area contributed by atoms with E-state index in [1.807, 2.05) is 6.08 Å². The van der Waals surface area contributed by atoms with Gasteiger partial charge in [-0.25, -0.2) is 0 Å². The topological polar surface area (TPSA) is 395 Å². The predicted molar refractivity (Wildman–Crippen MR) is 308 cm³/mol. The fourth-order valence-electron chi connectivity index (χ4n) is 11.4. The lowest BCUT2D eigenvalue weighted by molar-refractivity contribution is -0.381. The zero-order valence-corrected chi connectivity index (χ0v) is 50.7. The Bertz CT molecular complexity index is 1790. The van der Waals surface area contributed by atoms with Crippen molar-refractivity contribution in [1.29, 1.82) is 0 Å². The molecule has 0 radical (unpaired) electrons. The second-order valence-corrected chi connectivity index (χ2v) is 23.6. The SMILES string of the molecule is CCCCCCCCCCCCC/C=C/[C@@H](O)[C@H](CO[C@@H]1OC(CO)[C@@H](O[C@@H]2OC(CO)[C@H](O)[C@H](O[C@@H]3OC(CO)[C@@H](O)[C@H](O[C@@H]4OC(CO)[C@H](O)[C@H](O)C4O)C3NC(C)=O)C2O)[C@H](O)C1O)NC(=O)CCCCCCCCCCCCCCC. The maximum Gasteiger partial charge on any atom is 0.220 e. The van der Waals surface area contributed by atoms with Gasteiger partial charge in [-0.1, -0.05) is 167 Å². The zero-order valence-electron chi connectivity index (χ0n) is 50.7. The van der Waals surface area contributed by atoms with Gasteiger partial charge in [-0.3, -0.25) is 9.59 Å². The number of hydrogen-bond acceptors (Lipinski definition) is 23. The van der Waals surface area contributed by atoms with Crippen molar-refractivity contribution < 1.29 is 114 Å².